The van der Waals surface area contributed by atoms with Crippen LogP contribution in [0, 0.1) is 0 Å². The van der Waals surface area contributed by atoms with E-state index >= 15 is 0 Å². The highest BCUT2D eigenvalue weighted by Gasteiger charge is 2.31. The van der Waals surface area contributed by atoms with Crippen molar-refractivity contribution in [2.24, 2.45) is 0 Å². The molecule has 1 heterocycles. The Labute approximate surface area is 98.6 Å². The summed E-state index contributed by atoms with van der Waals surface area (Å²) in [5.74, 6) is 1.71. The average Bonchev–Trinajstić information content (AvgIpc) is 2.53. The van der Waals surface area contributed by atoms with Crippen molar-refractivity contribution in [2.75, 3.05) is 0 Å². The molecular weight excluding hydrogens is 200 g/mol. The fourth-order valence-corrected chi connectivity index (χ4v) is 1.60. The third-order valence-electron chi connectivity index (χ3n) is 2.35. The van der Waals surface area contributed by atoms with Gasteiger partial charge in [0.25, 0.3) is 0 Å². The van der Waals surface area contributed by atoms with E-state index in [9.17, 15) is 0 Å². The number of benzene rings is 1. The van der Waals surface area contributed by atoms with Gasteiger partial charge in [0.15, 0.2) is 11.5 Å². The van der Waals surface area contributed by atoms with Crippen molar-refractivity contribution in [3.63, 3.8) is 0 Å². The Kier molecular flexibility index (Phi) is 3.84. The first kappa shape index (κ1) is 12.9. The van der Waals surface area contributed by atoms with E-state index < -0.39 is 5.79 Å². The number of hydrogen-bond donors (Lipinski definition) is 0. The molecule has 0 atom stereocenters. The molecule has 0 unspecified atom stereocenters. The molecule has 1 aliphatic heterocycles. The molecule has 0 fully saturated rings. The topological polar surface area (TPSA) is 18.5 Å². The van der Waals surface area contributed by atoms with Gasteiger partial charge in [-0.3, -0.25) is 0 Å². The molecule has 2 rings (SSSR count). The van der Waals surface area contributed by atoms with E-state index in [0.717, 1.165) is 11.5 Å². The molecule has 1 aliphatic rings. The van der Waals surface area contributed by atoms with Crippen molar-refractivity contribution in [3.8, 4) is 11.5 Å². The van der Waals surface area contributed by atoms with Crippen molar-refractivity contribution < 1.29 is 9.47 Å². The Bertz CT molecular complexity index is 354. The van der Waals surface area contributed by atoms with Crippen LogP contribution >= 0.6 is 0 Å². The lowest BCUT2D eigenvalue weighted by Gasteiger charge is -2.16. The number of ether oxygens (including phenoxy) is 2. The minimum atomic E-state index is -0.516. The van der Waals surface area contributed by atoms with Gasteiger partial charge in [0.2, 0.25) is 5.79 Å². The molecule has 0 bridgehead atoms. The minimum Gasteiger partial charge on any atom is -0.449 e. The Balaban J connectivity index is 0.000000606. The lowest BCUT2D eigenvalue weighted by atomic mass is 10.0. The molecule has 0 radical (unpaired) electrons. The SMILES string of the molecule is CC.CC(C)c1ccc2c(c1)OC(C)(C)O2. The second kappa shape index (κ2) is 4.77. The summed E-state index contributed by atoms with van der Waals surface area (Å²) >= 11 is 0. The van der Waals surface area contributed by atoms with Gasteiger partial charge in [-0.1, -0.05) is 33.8 Å². The quantitative estimate of drug-likeness (QED) is 0.703. The van der Waals surface area contributed by atoms with Crippen molar-refractivity contribution in [2.45, 2.75) is 53.2 Å². The number of fused-ring (bicyclic) bond motifs is 1. The van der Waals surface area contributed by atoms with E-state index in [1.807, 2.05) is 33.8 Å². The van der Waals surface area contributed by atoms with Gasteiger partial charge in [0, 0.05) is 13.8 Å². The summed E-state index contributed by atoms with van der Waals surface area (Å²) in [7, 11) is 0. The van der Waals surface area contributed by atoms with Crippen LogP contribution in [0.2, 0.25) is 0 Å². The third kappa shape index (κ3) is 2.69. The molecule has 1 aromatic carbocycles. The molecular formula is C14H22O2. The Morgan fingerprint density at radius 3 is 2.12 bits per heavy atom. The highest BCUT2D eigenvalue weighted by atomic mass is 16.7. The number of hydrogen-bond acceptors (Lipinski definition) is 2. The smallest absolute Gasteiger partial charge is 0.246 e. The van der Waals surface area contributed by atoms with E-state index in [2.05, 4.69) is 26.0 Å². The van der Waals surface area contributed by atoms with Crippen LogP contribution in [0.25, 0.3) is 0 Å². The molecule has 0 spiro atoms. The molecule has 90 valence electrons. The van der Waals surface area contributed by atoms with Gasteiger partial charge >= 0.3 is 0 Å². The summed E-state index contributed by atoms with van der Waals surface area (Å²) in [4.78, 5) is 0. The van der Waals surface area contributed by atoms with Gasteiger partial charge in [-0.25, -0.2) is 0 Å². The minimum absolute atomic E-state index is 0.516. The average molecular weight is 222 g/mol. The van der Waals surface area contributed by atoms with E-state index in [1.54, 1.807) is 0 Å². The van der Waals surface area contributed by atoms with Gasteiger partial charge in [-0.05, 0) is 23.6 Å². The first-order chi connectivity index (χ1) is 7.48. The normalized spacial score (nSPS) is 15.7. The van der Waals surface area contributed by atoms with Gasteiger partial charge in [-0.2, -0.15) is 0 Å². The molecule has 0 amide bonds. The van der Waals surface area contributed by atoms with Crippen LogP contribution in [0.4, 0.5) is 0 Å². The van der Waals surface area contributed by atoms with Crippen molar-refractivity contribution in [1.82, 2.24) is 0 Å². The van der Waals surface area contributed by atoms with E-state index in [1.165, 1.54) is 5.56 Å². The molecule has 16 heavy (non-hydrogen) atoms. The van der Waals surface area contributed by atoms with Gasteiger partial charge in [0.1, 0.15) is 0 Å². The van der Waals surface area contributed by atoms with Crippen molar-refractivity contribution in [3.05, 3.63) is 23.8 Å². The molecule has 2 heteroatoms. The standard InChI is InChI=1S/C12H16O2.C2H6/c1-8(2)9-5-6-10-11(7-9)14-12(3,4)13-10;1-2/h5-8H,1-4H3;1-2H3. The first-order valence-electron chi connectivity index (χ1n) is 6.00. The summed E-state index contributed by atoms with van der Waals surface area (Å²) in [5, 5.41) is 0. The van der Waals surface area contributed by atoms with Gasteiger partial charge in [-0.15, -0.1) is 0 Å². The molecule has 2 nitrogen and oxygen atoms in total. The summed E-state index contributed by atoms with van der Waals surface area (Å²) < 4.78 is 11.3. The summed E-state index contributed by atoms with van der Waals surface area (Å²) in [6.45, 7) is 12.2. The zero-order chi connectivity index (χ0) is 12.3. The van der Waals surface area contributed by atoms with Crippen LogP contribution in [0.5, 0.6) is 11.5 Å². The first-order valence-corrected chi connectivity index (χ1v) is 6.00. The Morgan fingerprint density at radius 2 is 1.56 bits per heavy atom. The van der Waals surface area contributed by atoms with Crippen LogP contribution in [0.3, 0.4) is 0 Å². The molecule has 1 aromatic rings. The van der Waals surface area contributed by atoms with Gasteiger partial charge in [0.05, 0.1) is 0 Å². The van der Waals surface area contributed by atoms with Crippen LogP contribution in [0.15, 0.2) is 18.2 Å². The highest BCUT2D eigenvalue weighted by Crippen LogP contribution is 2.40. The summed E-state index contributed by atoms with van der Waals surface area (Å²) in [6, 6.07) is 6.14. The molecule has 0 saturated carbocycles. The maximum absolute atomic E-state index is 5.66. The Hall–Kier alpha value is -1.18. The van der Waals surface area contributed by atoms with Crippen molar-refractivity contribution in [1.29, 1.82) is 0 Å². The van der Waals surface area contributed by atoms with Crippen LogP contribution in [-0.4, -0.2) is 5.79 Å². The van der Waals surface area contributed by atoms with Crippen LogP contribution in [0.1, 0.15) is 53.0 Å². The van der Waals surface area contributed by atoms with E-state index in [0.29, 0.717) is 5.92 Å². The zero-order valence-corrected chi connectivity index (χ0v) is 11.1. The van der Waals surface area contributed by atoms with Crippen molar-refractivity contribution >= 4 is 0 Å². The highest BCUT2D eigenvalue weighted by molar-refractivity contribution is 5.46. The largest absolute Gasteiger partial charge is 0.449 e. The monoisotopic (exact) mass is 222 g/mol. The summed E-state index contributed by atoms with van der Waals surface area (Å²) in [6.07, 6.45) is 0. The lowest BCUT2D eigenvalue weighted by Crippen LogP contribution is -2.29. The predicted molar refractivity (Wildman–Crippen MR) is 67.2 cm³/mol. The van der Waals surface area contributed by atoms with Crippen LogP contribution < -0.4 is 9.47 Å². The second-order valence-corrected chi connectivity index (χ2v) is 4.46. The number of rotatable bonds is 1. The van der Waals surface area contributed by atoms with Gasteiger partial charge < -0.3 is 9.47 Å². The van der Waals surface area contributed by atoms with Crippen LogP contribution in [-0.2, 0) is 0 Å². The fraction of sp³-hybridized carbons (Fsp3) is 0.571. The molecule has 0 aromatic heterocycles. The third-order valence-corrected chi connectivity index (χ3v) is 2.35. The Morgan fingerprint density at radius 1 is 1.00 bits per heavy atom. The second-order valence-electron chi connectivity index (χ2n) is 4.46. The molecule has 0 saturated heterocycles. The maximum atomic E-state index is 5.66. The van der Waals surface area contributed by atoms with E-state index in [-0.39, 0.29) is 0 Å². The molecule has 0 N–H and O–H groups in total. The lowest BCUT2D eigenvalue weighted by molar-refractivity contribution is -0.0431. The fourth-order valence-electron chi connectivity index (χ4n) is 1.60. The summed E-state index contributed by atoms with van der Waals surface area (Å²) in [5.41, 5.74) is 1.28. The maximum Gasteiger partial charge on any atom is 0.246 e. The zero-order valence-electron chi connectivity index (χ0n) is 11.1. The predicted octanol–water partition coefficient (Wildman–Crippen LogP) is 4.34. The molecule has 0 aliphatic carbocycles. The van der Waals surface area contributed by atoms with E-state index in [4.69, 9.17) is 9.47 Å².